The van der Waals surface area contributed by atoms with Crippen LogP contribution in [0.2, 0.25) is 0 Å². The molecule has 5 heteroatoms. The highest BCUT2D eigenvalue weighted by Gasteiger charge is 2.32. The highest BCUT2D eigenvalue weighted by atomic mass is 16.5. The number of benzene rings is 1. The molecule has 22 heavy (non-hydrogen) atoms. The van der Waals surface area contributed by atoms with E-state index in [1.54, 1.807) is 0 Å². The summed E-state index contributed by atoms with van der Waals surface area (Å²) in [5.41, 5.74) is 1.17. The molecular formula is C17H24N2O3. The van der Waals surface area contributed by atoms with Crippen molar-refractivity contribution in [2.24, 2.45) is 0 Å². The van der Waals surface area contributed by atoms with Crippen LogP contribution in [0.4, 0.5) is 0 Å². The van der Waals surface area contributed by atoms with Crippen LogP contribution in [0.1, 0.15) is 18.4 Å². The van der Waals surface area contributed by atoms with Gasteiger partial charge in [-0.05, 0) is 38.4 Å². The molecule has 0 spiro atoms. The number of carbonyl (C=O) groups excluding carboxylic acids is 1. The van der Waals surface area contributed by atoms with Crippen molar-refractivity contribution in [3.63, 3.8) is 0 Å². The number of rotatable bonds is 5. The van der Waals surface area contributed by atoms with E-state index in [-0.39, 0.29) is 18.6 Å². The zero-order valence-corrected chi connectivity index (χ0v) is 13.1. The van der Waals surface area contributed by atoms with Gasteiger partial charge in [0.25, 0.3) is 5.91 Å². The molecule has 1 aromatic rings. The van der Waals surface area contributed by atoms with Crippen molar-refractivity contribution < 1.29 is 14.3 Å². The first kappa shape index (κ1) is 15.3. The molecule has 0 aromatic heterocycles. The van der Waals surface area contributed by atoms with E-state index in [9.17, 15) is 4.79 Å². The molecule has 2 saturated heterocycles. The molecule has 2 aliphatic heterocycles. The normalized spacial score (nSPS) is 24.8. The zero-order chi connectivity index (χ0) is 15.4. The first-order valence-electron chi connectivity index (χ1n) is 8.02. The van der Waals surface area contributed by atoms with E-state index < -0.39 is 0 Å². The Morgan fingerprint density at radius 3 is 3.05 bits per heavy atom. The molecule has 0 bridgehead atoms. The average molecular weight is 304 g/mol. The Balaban J connectivity index is 1.36. The molecule has 2 atom stereocenters. The molecule has 0 unspecified atom stereocenters. The van der Waals surface area contributed by atoms with E-state index in [1.807, 2.05) is 31.2 Å². The molecule has 2 aliphatic rings. The standard InChI is InChI=1S/C17H24N2O3/c1-13-4-6-15(7-5-13)22-12-17(20)18-9-16-10-19-8-2-3-14(19)11-21-16/h4-7,14,16H,2-3,8-12H2,1H3,(H,18,20)/t14-,16+/m1/s1. The summed E-state index contributed by atoms with van der Waals surface area (Å²) in [4.78, 5) is 14.3. The molecule has 120 valence electrons. The van der Waals surface area contributed by atoms with Crippen LogP contribution in [0, 0.1) is 6.92 Å². The van der Waals surface area contributed by atoms with Gasteiger partial charge in [0.05, 0.1) is 12.7 Å². The van der Waals surface area contributed by atoms with Gasteiger partial charge in [-0.15, -0.1) is 0 Å². The number of ether oxygens (including phenoxy) is 2. The number of fused-ring (bicyclic) bond motifs is 1. The van der Waals surface area contributed by atoms with E-state index in [1.165, 1.54) is 18.4 Å². The Bertz CT molecular complexity index is 503. The fourth-order valence-corrected chi connectivity index (χ4v) is 3.07. The van der Waals surface area contributed by atoms with Gasteiger partial charge in [-0.3, -0.25) is 9.69 Å². The molecule has 5 nitrogen and oxygen atoms in total. The third-order valence-electron chi connectivity index (χ3n) is 4.38. The van der Waals surface area contributed by atoms with E-state index in [0.29, 0.717) is 12.6 Å². The van der Waals surface area contributed by atoms with Crippen molar-refractivity contribution in [1.29, 1.82) is 0 Å². The smallest absolute Gasteiger partial charge is 0.258 e. The lowest BCUT2D eigenvalue weighted by Gasteiger charge is -2.35. The van der Waals surface area contributed by atoms with Gasteiger partial charge in [0.1, 0.15) is 5.75 Å². The second-order valence-electron chi connectivity index (χ2n) is 6.15. The summed E-state index contributed by atoms with van der Waals surface area (Å²) < 4.78 is 11.3. The number of nitrogens with zero attached hydrogens (tertiary/aromatic N) is 1. The SMILES string of the molecule is Cc1ccc(OCC(=O)NC[C@H]2CN3CCC[C@@H]3CO2)cc1. The summed E-state index contributed by atoms with van der Waals surface area (Å²) in [5.74, 6) is 0.613. The minimum absolute atomic E-state index is 0.0438. The van der Waals surface area contributed by atoms with Gasteiger partial charge in [-0.1, -0.05) is 17.7 Å². The van der Waals surface area contributed by atoms with Crippen LogP contribution in [0.15, 0.2) is 24.3 Å². The number of hydrogen-bond donors (Lipinski definition) is 1. The number of aryl methyl sites for hydroxylation is 1. The largest absolute Gasteiger partial charge is 0.484 e. The second kappa shape index (κ2) is 7.11. The number of nitrogens with one attached hydrogen (secondary N) is 1. The summed E-state index contributed by atoms with van der Waals surface area (Å²) in [6.45, 7) is 5.49. The lowest BCUT2D eigenvalue weighted by atomic mass is 10.2. The van der Waals surface area contributed by atoms with Crippen LogP contribution in [-0.2, 0) is 9.53 Å². The summed E-state index contributed by atoms with van der Waals surface area (Å²) in [5, 5.41) is 2.90. The second-order valence-corrected chi connectivity index (χ2v) is 6.15. The molecule has 0 radical (unpaired) electrons. The van der Waals surface area contributed by atoms with Crippen molar-refractivity contribution in [1.82, 2.24) is 10.2 Å². The van der Waals surface area contributed by atoms with Crippen LogP contribution in [0.25, 0.3) is 0 Å². The molecule has 2 fully saturated rings. The minimum Gasteiger partial charge on any atom is -0.484 e. The van der Waals surface area contributed by atoms with E-state index >= 15 is 0 Å². The summed E-state index contributed by atoms with van der Waals surface area (Å²) in [6, 6.07) is 8.28. The Labute approximate surface area is 131 Å². The summed E-state index contributed by atoms with van der Waals surface area (Å²) in [6.07, 6.45) is 2.60. The van der Waals surface area contributed by atoms with E-state index in [2.05, 4.69) is 10.2 Å². The van der Waals surface area contributed by atoms with Gasteiger partial charge >= 0.3 is 0 Å². The van der Waals surface area contributed by atoms with Crippen LogP contribution in [0.5, 0.6) is 5.75 Å². The third-order valence-corrected chi connectivity index (χ3v) is 4.38. The Hall–Kier alpha value is -1.59. The molecule has 2 heterocycles. The number of carbonyl (C=O) groups is 1. The first-order chi connectivity index (χ1) is 10.7. The van der Waals surface area contributed by atoms with Crippen molar-refractivity contribution in [3.8, 4) is 5.75 Å². The van der Waals surface area contributed by atoms with Crippen LogP contribution in [0.3, 0.4) is 0 Å². The maximum atomic E-state index is 11.8. The lowest BCUT2D eigenvalue weighted by Crippen LogP contribution is -2.50. The van der Waals surface area contributed by atoms with Crippen LogP contribution in [-0.4, -0.2) is 55.8 Å². The molecule has 1 N–H and O–H groups in total. The molecule has 3 rings (SSSR count). The van der Waals surface area contributed by atoms with Gasteiger partial charge < -0.3 is 14.8 Å². The lowest BCUT2D eigenvalue weighted by molar-refractivity contribution is -0.124. The van der Waals surface area contributed by atoms with Gasteiger partial charge in [-0.2, -0.15) is 0 Å². The molecule has 1 amide bonds. The van der Waals surface area contributed by atoms with Crippen molar-refractivity contribution >= 4 is 5.91 Å². The highest BCUT2D eigenvalue weighted by molar-refractivity contribution is 5.77. The fourth-order valence-electron chi connectivity index (χ4n) is 3.07. The highest BCUT2D eigenvalue weighted by Crippen LogP contribution is 2.22. The Morgan fingerprint density at radius 2 is 2.23 bits per heavy atom. The van der Waals surface area contributed by atoms with Crippen molar-refractivity contribution in [2.75, 3.05) is 32.8 Å². The maximum absolute atomic E-state index is 11.8. The Morgan fingerprint density at radius 1 is 1.41 bits per heavy atom. The predicted octanol–water partition coefficient (Wildman–Crippen LogP) is 1.35. The quantitative estimate of drug-likeness (QED) is 0.892. The summed E-state index contributed by atoms with van der Waals surface area (Å²) >= 11 is 0. The molecule has 1 aromatic carbocycles. The van der Waals surface area contributed by atoms with Crippen molar-refractivity contribution in [2.45, 2.75) is 31.9 Å². The monoisotopic (exact) mass is 304 g/mol. The third kappa shape index (κ3) is 3.99. The first-order valence-corrected chi connectivity index (χ1v) is 8.02. The number of hydrogen-bond acceptors (Lipinski definition) is 4. The van der Waals surface area contributed by atoms with Crippen LogP contribution >= 0.6 is 0 Å². The topological polar surface area (TPSA) is 50.8 Å². The van der Waals surface area contributed by atoms with Crippen molar-refractivity contribution in [3.05, 3.63) is 29.8 Å². The maximum Gasteiger partial charge on any atom is 0.258 e. The van der Waals surface area contributed by atoms with Gasteiger partial charge in [0.2, 0.25) is 0 Å². The van der Waals surface area contributed by atoms with E-state index in [4.69, 9.17) is 9.47 Å². The number of morpholine rings is 1. The molecule has 0 aliphatic carbocycles. The fraction of sp³-hybridized carbons (Fsp3) is 0.588. The minimum atomic E-state index is -0.104. The zero-order valence-electron chi connectivity index (χ0n) is 13.1. The molecular weight excluding hydrogens is 280 g/mol. The van der Waals surface area contributed by atoms with Crippen LogP contribution < -0.4 is 10.1 Å². The Kier molecular flexibility index (Phi) is 4.95. The molecule has 0 saturated carbocycles. The van der Waals surface area contributed by atoms with E-state index in [0.717, 1.165) is 25.4 Å². The predicted molar refractivity (Wildman–Crippen MR) is 84.0 cm³/mol. The average Bonchev–Trinajstić information content (AvgIpc) is 3.00. The number of amides is 1. The van der Waals surface area contributed by atoms with Gasteiger partial charge in [-0.25, -0.2) is 0 Å². The summed E-state index contributed by atoms with van der Waals surface area (Å²) in [7, 11) is 0. The van der Waals surface area contributed by atoms with Gasteiger partial charge in [0.15, 0.2) is 6.61 Å². The van der Waals surface area contributed by atoms with Gasteiger partial charge in [0, 0.05) is 19.1 Å².